The third-order valence-corrected chi connectivity index (χ3v) is 10.4. The number of aliphatic carboxylic acids is 1. The normalized spacial score (nSPS) is 14.5. The van der Waals surface area contributed by atoms with Gasteiger partial charge in [-0.25, -0.2) is 0 Å². The Morgan fingerprint density at radius 3 is 1.38 bits per heavy atom. The van der Waals surface area contributed by atoms with E-state index in [1.165, 1.54) is 6.07 Å². The van der Waals surface area contributed by atoms with E-state index in [4.69, 9.17) is 61.9 Å². The summed E-state index contributed by atoms with van der Waals surface area (Å²) in [7, 11) is 0. The van der Waals surface area contributed by atoms with Crippen molar-refractivity contribution in [3.8, 4) is 0 Å². The Labute approximate surface area is 420 Å². The lowest BCUT2D eigenvalue weighted by Gasteiger charge is -2.27. The monoisotopic (exact) mass is 1030 g/mol. The zero-order valence-electron chi connectivity index (χ0n) is 41.5. The number of unbranched alkanes of at least 4 members (excludes halogenated alkanes) is 2. The van der Waals surface area contributed by atoms with Crippen molar-refractivity contribution in [3.63, 3.8) is 0 Å². The molecule has 2 heterocycles. The van der Waals surface area contributed by atoms with Crippen molar-refractivity contribution in [3.05, 3.63) is 29.3 Å². The van der Waals surface area contributed by atoms with E-state index in [1.807, 2.05) is 0 Å². The quantitative estimate of drug-likeness (QED) is 0.0526. The Morgan fingerprint density at radius 2 is 0.944 bits per heavy atom. The first kappa shape index (κ1) is 61.7. The Morgan fingerprint density at radius 1 is 0.514 bits per heavy atom. The number of hydrogen-bond acceptors (Lipinski definition) is 19. The topological polar surface area (TPSA) is 290 Å². The molecule has 2 aliphatic rings. The van der Waals surface area contributed by atoms with Crippen LogP contribution in [0.25, 0.3) is 0 Å². The van der Waals surface area contributed by atoms with E-state index in [-0.39, 0.29) is 60.7 Å². The molecule has 0 aliphatic carbocycles. The standard InChI is InChI=1S/C48H76N4O20/c53-41(11-12-44(56)57)49-13-5-15-62-17-19-64-21-23-66-25-27-68-29-31-70-33-35-72-37-36-71-34-32-69-30-28-67-26-24-65-22-20-63-18-16-61-14-3-1-2-8-42(54)50-39-7-4-6-38-45(39)48(60)52(47(38)59)40-9-10-43(55)51-46(40)58/h4,6-7,40H,1-3,5,8-37H2,(H,49,53)(H,50,54)(H,56,57)(H,51,55,58). The van der Waals surface area contributed by atoms with Crippen LogP contribution in [0.15, 0.2) is 18.2 Å². The maximum absolute atomic E-state index is 13.2. The average Bonchev–Trinajstić information content (AvgIpc) is 3.62. The molecule has 72 heavy (non-hydrogen) atoms. The number of anilines is 1. The van der Waals surface area contributed by atoms with E-state index < -0.39 is 35.6 Å². The molecule has 1 aromatic carbocycles. The van der Waals surface area contributed by atoms with Gasteiger partial charge in [-0.05, 0) is 37.8 Å². The van der Waals surface area contributed by atoms with Gasteiger partial charge < -0.3 is 72.6 Å². The molecule has 24 heteroatoms. The number of nitrogens with one attached hydrogen (secondary N) is 3. The van der Waals surface area contributed by atoms with Gasteiger partial charge in [0.05, 0.1) is 169 Å². The minimum atomic E-state index is -1.08. The minimum Gasteiger partial charge on any atom is -0.481 e. The molecule has 4 N–H and O–H groups in total. The summed E-state index contributed by atoms with van der Waals surface area (Å²) < 4.78 is 65.9. The number of amides is 6. The van der Waals surface area contributed by atoms with Gasteiger partial charge in [0.15, 0.2) is 0 Å². The summed E-state index contributed by atoms with van der Waals surface area (Å²) >= 11 is 0. The van der Waals surface area contributed by atoms with E-state index in [0.29, 0.717) is 178 Å². The Kier molecular flexibility index (Phi) is 35.0. The van der Waals surface area contributed by atoms with Gasteiger partial charge in [0.2, 0.25) is 23.6 Å². The molecule has 6 amide bonds. The van der Waals surface area contributed by atoms with Crippen LogP contribution >= 0.6 is 0 Å². The van der Waals surface area contributed by atoms with E-state index >= 15 is 0 Å². The Balaban J connectivity index is 0.944. The van der Waals surface area contributed by atoms with Crippen molar-refractivity contribution in [1.29, 1.82) is 0 Å². The molecule has 0 radical (unpaired) electrons. The third-order valence-electron chi connectivity index (χ3n) is 10.4. The summed E-state index contributed by atoms with van der Waals surface area (Å²) in [6.45, 7) is 11.3. The van der Waals surface area contributed by atoms with Gasteiger partial charge >= 0.3 is 5.97 Å². The van der Waals surface area contributed by atoms with E-state index in [9.17, 15) is 33.6 Å². The first-order valence-electron chi connectivity index (χ1n) is 24.7. The molecule has 1 fully saturated rings. The number of imide groups is 2. The molecule has 0 bridgehead atoms. The highest BCUT2D eigenvalue weighted by atomic mass is 16.6. The van der Waals surface area contributed by atoms with Gasteiger partial charge in [-0.3, -0.25) is 43.8 Å². The fourth-order valence-electron chi connectivity index (χ4n) is 6.73. The van der Waals surface area contributed by atoms with Crippen LogP contribution in [0.4, 0.5) is 5.69 Å². The number of carbonyl (C=O) groups excluding carboxylic acids is 6. The number of carboxylic acids is 1. The van der Waals surface area contributed by atoms with Crippen LogP contribution in [-0.2, 0) is 80.8 Å². The average molecular weight is 1030 g/mol. The summed E-state index contributed by atoms with van der Waals surface area (Å²) in [6.07, 6.45) is 2.84. The molecular weight excluding hydrogens is 953 g/mol. The predicted molar refractivity (Wildman–Crippen MR) is 255 cm³/mol. The molecule has 408 valence electrons. The summed E-state index contributed by atoms with van der Waals surface area (Å²) in [5.74, 6) is -4.02. The highest BCUT2D eigenvalue weighted by Gasteiger charge is 2.45. The van der Waals surface area contributed by atoms with Crippen LogP contribution in [0.5, 0.6) is 0 Å². The van der Waals surface area contributed by atoms with E-state index in [1.54, 1.807) is 12.1 Å². The predicted octanol–water partition coefficient (Wildman–Crippen LogP) is 1.16. The smallest absolute Gasteiger partial charge is 0.303 e. The molecule has 24 nitrogen and oxygen atoms in total. The molecule has 1 aromatic rings. The largest absolute Gasteiger partial charge is 0.481 e. The number of carbonyl (C=O) groups is 7. The van der Waals surface area contributed by atoms with Gasteiger partial charge in [0, 0.05) is 39.0 Å². The number of fused-ring (bicyclic) bond motifs is 1. The molecule has 1 atom stereocenters. The number of ether oxygens (including phenoxy) is 12. The summed E-state index contributed by atoms with van der Waals surface area (Å²) in [5, 5.41) is 16.1. The van der Waals surface area contributed by atoms with Crippen LogP contribution in [0, 0.1) is 0 Å². The second kappa shape index (κ2) is 40.9. The number of benzene rings is 1. The van der Waals surface area contributed by atoms with E-state index in [2.05, 4.69) is 16.0 Å². The number of hydrogen-bond donors (Lipinski definition) is 4. The van der Waals surface area contributed by atoms with Gasteiger partial charge in [0.1, 0.15) is 6.04 Å². The molecule has 2 aliphatic heterocycles. The maximum atomic E-state index is 13.2. The van der Waals surface area contributed by atoms with Crippen molar-refractivity contribution in [2.45, 2.75) is 63.8 Å². The summed E-state index contributed by atoms with van der Waals surface area (Å²) in [5.41, 5.74) is 0.362. The van der Waals surface area contributed by atoms with Gasteiger partial charge in [-0.2, -0.15) is 0 Å². The number of carboxylic acid groups (broad SMARTS) is 1. The van der Waals surface area contributed by atoms with Crippen LogP contribution in [0.1, 0.15) is 78.5 Å². The van der Waals surface area contributed by atoms with Crippen molar-refractivity contribution in [2.75, 3.05) is 170 Å². The molecule has 1 unspecified atom stereocenters. The zero-order valence-corrected chi connectivity index (χ0v) is 41.5. The van der Waals surface area contributed by atoms with Gasteiger partial charge in [-0.15, -0.1) is 0 Å². The lowest BCUT2D eigenvalue weighted by Crippen LogP contribution is -2.54. The van der Waals surface area contributed by atoms with Crippen LogP contribution in [-0.4, -0.2) is 223 Å². The van der Waals surface area contributed by atoms with Crippen LogP contribution in [0.2, 0.25) is 0 Å². The Bertz CT molecular complexity index is 1720. The first-order chi connectivity index (χ1) is 35.2. The van der Waals surface area contributed by atoms with Crippen molar-refractivity contribution < 1.29 is 95.5 Å². The highest BCUT2D eigenvalue weighted by Crippen LogP contribution is 2.32. The Hall–Kier alpha value is -4.57. The van der Waals surface area contributed by atoms with Crippen LogP contribution in [0.3, 0.4) is 0 Å². The highest BCUT2D eigenvalue weighted by molar-refractivity contribution is 6.26. The van der Waals surface area contributed by atoms with E-state index in [0.717, 1.165) is 17.7 Å². The van der Waals surface area contributed by atoms with Crippen molar-refractivity contribution in [2.24, 2.45) is 0 Å². The molecule has 3 rings (SSSR count). The second-order valence-corrected chi connectivity index (χ2v) is 16.0. The molecule has 0 spiro atoms. The fraction of sp³-hybridized carbons (Fsp3) is 0.729. The minimum absolute atomic E-state index is 0.0217. The van der Waals surface area contributed by atoms with Crippen molar-refractivity contribution in [1.82, 2.24) is 15.5 Å². The lowest BCUT2D eigenvalue weighted by molar-refractivity contribution is -0.139. The molecule has 0 aromatic heterocycles. The molecule has 1 saturated heterocycles. The molecule has 0 saturated carbocycles. The van der Waals surface area contributed by atoms with Gasteiger partial charge in [-0.1, -0.05) is 12.5 Å². The fourth-order valence-corrected chi connectivity index (χ4v) is 6.73. The van der Waals surface area contributed by atoms with Gasteiger partial charge in [0.25, 0.3) is 11.8 Å². The van der Waals surface area contributed by atoms with Crippen molar-refractivity contribution >= 4 is 47.1 Å². The molecular formula is C48H76N4O20. The first-order valence-corrected chi connectivity index (χ1v) is 24.7. The number of rotatable bonds is 48. The summed E-state index contributed by atoms with van der Waals surface area (Å²) in [6, 6.07) is 3.51. The number of nitrogens with zero attached hydrogens (tertiary/aromatic N) is 1. The maximum Gasteiger partial charge on any atom is 0.303 e. The third kappa shape index (κ3) is 28.6. The zero-order chi connectivity index (χ0) is 51.7. The van der Waals surface area contributed by atoms with Crippen LogP contribution < -0.4 is 16.0 Å². The number of piperidine rings is 1. The summed E-state index contributed by atoms with van der Waals surface area (Å²) in [4.78, 5) is 85.5. The lowest BCUT2D eigenvalue weighted by atomic mass is 10.0. The SMILES string of the molecule is O=C(O)CCC(=O)NCCCOCCOCCOCCOCCOCCOCCOCCOCCOCCOCCOCCOCCCCCC(=O)Nc1cccc2c1C(=O)N(C1CCC(=O)NC1=O)C2=O. The second-order valence-electron chi connectivity index (χ2n) is 16.0.